The van der Waals surface area contributed by atoms with Crippen LogP contribution >= 0.6 is 15.9 Å². The van der Waals surface area contributed by atoms with Crippen LogP contribution in [0.25, 0.3) is 10.9 Å². The number of pyridine rings is 1. The Bertz CT molecular complexity index is 566. The van der Waals surface area contributed by atoms with E-state index in [1.807, 2.05) is 24.3 Å². The molecule has 4 heteroatoms. The number of nitrogens with zero attached hydrogens (tertiary/aromatic N) is 1. The Morgan fingerprint density at radius 1 is 1.50 bits per heavy atom. The number of hydrogen-bond acceptors (Lipinski definition) is 2. The number of halogens is 1. The highest BCUT2D eigenvalue weighted by Gasteiger charge is 2.04. The van der Waals surface area contributed by atoms with Gasteiger partial charge in [-0.3, -0.25) is 9.78 Å². The van der Waals surface area contributed by atoms with Crippen molar-refractivity contribution in [3.8, 4) is 0 Å². The first-order chi connectivity index (χ1) is 7.70. The summed E-state index contributed by atoms with van der Waals surface area (Å²) in [5.74, 6) is -0.239. The third kappa shape index (κ3) is 2.12. The molecule has 2 aromatic rings. The summed E-state index contributed by atoms with van der Waals surface area (Å²) in [6.07, 6.45) is 2.93. The van der Waals surface area contributed by atoms with Crippen LogP contribution in [0.3, 0.4) is 0 Å². The minimum Gasteiger partial charge on any atom is -0.321 e. The minimum absolute atomic E-state index is 0.239. The average Bonchev–Trinajstić information content (AvgIpc) is 2.28. The molecule has 1 amide bonds. The molecule has 2 rings (SSSR count). The Balaban J connectivity index is 2.53. The van der Waals surface area contributed by atoms with Crippen LogP contribution in [0.4, 0.5) is 5.69 Å². The van der Waals surface area contributed by atoms with E-state index in [1.54, 1.807) is 6.20 Å². The summed E-state index contributed by atoms with van der Waals surface area (Å²) in [6.45, 7) is 3.41. The summed E-state index contributed by atoms with van der Waals surface area (Å²) in [7, 11) is 0. The minimum atomic E-state index is -0.239. The molecule has 0 aliphatic carbocycles. The van der Waals surface area contributed by atoms with Crippen molar-refractivity contribution in [3.05, 3.63) is 47.6 Å². The largest absolute Gasteiger partial charge is 0.321 e. The second kappa shape index (κ2) is 4.45. The van der Waals surface area contributed by atoms with Gasteiger partial charge in [0.2, 0.25) is 5.91 Å². The summed E-state index contributed by atoms with van der Waals surface area (Å²) in [5.41, 5.74) is 1.45. The number of anilines is 1. The van der Waals surface area contributed by atoms with E-state index in [1.165, 1.54) is 6.08 Å². The van der Waals surface area contributed by atoms with Gasteiger partial charge in [-0.25, -0.2) is 0 Å². The lowest BCUT2D eigenvalue weighted by Crippen LogP contribution is -2.07. The van der Waals surface area contributed by atoms with Crippen LogP contribution in [0, 0.1) is 0 Å². The standard InChI is InChI=1S/C12H9BrN2O/c1-2-11(16)15-10-5-3-4-8-6-9(13)7-14-12(8)10/h2-7H,1H2,(H,15,16). The zero-order chi connectivity index (χ0) is 11.5. The second-order valence-corrected chi connectivity index (χ2v) is 4.14. The normalized spacial score (nSPS) is 10.1. The molecule has 3 nitrogen and oxygen atoms in total. The number of nitrogens with one attached hydrogen (secondary N) is 1. The van der Waals surface area contributed by atoms with Gasteiger partial charge in [0.1, 0.15) is 0 Å². The number of hydrogen-bond donors (Lipinski definition) is 1. The third-order valence-electron chi connectivity index (χ3n) is 2.12. The van der Waals surface area contributed by atoms with Gasteiger partial charge in [-0.2, -0.15) is 0 Å². The Morgan fingerprint density at radius 2 is 2.31 bits per heavy atom. The van der Waals surface area contributed by atoms with Crippen LogP contribution in [0.5, 0.6) is 0 Å². The lowest BCUT2D eigenvalue weighted by molar-refractivity contribution is -0.111. The van der Waals surface area contributed by atoms with Gasteiger partial charge >= 0.3 is 0 Å². The molecule has 1 heterocycles. The smallest absolute Gasteiger partial charge is 0.247 e. The molecular formula is C12H9BrN2O. The van der Waals surface area contributed by atoms with Gasteiger partial charge in [0.15, 0.2) is 0 Å². The quantitative estimate of drug-likeness (QED) is 0.857. The number of carbonyl (C=O) groups is 1. The summed E-state index contributed by atoms with van der Waals surface area (Å²) in [6, 6.07) is 7.57. The molecule has 1 aromatic heterocycles. The van der Waals surface area contributed by atoms with Crippen molar-refractivity contribution in [1.29, 1.82) is 0 Å². The van der Waals surface area contributed by atoms with Crippen molar-refractivity contribution in [1.82, 2.24) is 4.98 Å². The lowest BCUT2D eigenvalue weighted by Gasteiger charge is -2.06. The van der Waals surface area contributed by atoms with Gasteiger partial charge in [-0.15, -0.1) is 0 Å². The van der Waals surface area contributed by atoms with Crippen LogP contribution in [-0.2, 0) is 4.79 Å². The monoisotopic (exact) mass is 276 g/mol. The van der Waals surface area contributed by atoms with E-state index in [0.717, 1.165) is 15.4 Å². The van der Waals surface area contributed by atoms with E-state index in [-0.39, 0.29) is 5.91 Å². The first kappa shape index (κ1) is 10.8. The van der Waals surface area contributed by atoms with Crippen molar-refractivity contribution in [2.24, 2.45) is 0 Å². The molecule has 0 unspecified atom stereocenters. The fourth-order valence-corrected chi connectivity index (χ4v) is 1.77. The fourth-order valence-electron chi connectivity index (χ4n) is 1.42. The molecule has 16 heavy (non-hydrogen) atoms. The maximum Gasteiger partial charge on any atom is 0.247 e. The Labute approximate surface area is 101 Å². The Hall–Kier alpha value is -1.68. The van der Waals surface area contributed by atoms with Gasteiger partial charge < -0.3 is 5.32 Å². The molecule has 80 valence electrons. The summed E-state index contributed by atoms with van der Waals surface area (Å²) >= 11 is 3.36. The molecular weight excluding hydrogens is 268 g/mol. The molecule has 1 aromatic carbocycles. The number of carbonyl (C=O) groups excluding carboxylic acids is 1. The van der Waals surface area contributed by atoms with Crippen LogP contribution in [0.2, 0.25) is 0 Å². The van der Waals surface area contributed by atoms with Crippen molar-refractivity contribution >= 4 is 38.4 Å². The number of benzene rings is 1. The first-order valence-corrected chi connectivity index (χ1v) is 5.47. The van der Waals surface area contributed by atoms with E-state index >= 15 is 0 Å². The highest BCUT2D eigenvalue weighted by molar-refractivity contribution is 9.10. The van der Waals surface area contributed by atoms with Crippen LogP contribution < -0.4 is 5.32 Å². The number of aromatic nitrogens is 1. The van der Waals surface area contributed by atoms with E-state index < -0.39 is 0 Å². The SMILES string of the molecule is C=CC(=O)Nc1cccc2cc(Br)cnc12. The van der Waals surface area contributed by atoms with E-state index in [0.29, 0.717) is 5.69 Å². The zero-order valence-electron chi connectivity index (χ0n) is 8.40. The van der Waals surface area contributed by atoms with Crippen molar-refractivity contribution < 1.29 is 4.79 Å². The predicted octanol–water partition coefficient (Wildman–Crippen LogP) is 3.12. The highest BCUT2D eigenvalue weighted by atomic mass is 79.9. The van der Waals surface area contributed by atoms with Gasteiger partial charge in [-0.1, -0.05) is 18.7 Å². The molecule has 0 fully saturated rings. The summed E-state index contributed by atoms with van der Waals surface area (Å²) in [5, 5.41) is 3.69. The summed E-state index contributed by atoms with van der Waals surface area (Å²) < 4.78 is 0.909. The molecule has 0 radical (unpaired) electrons. The van der Waals surface area contributed by atoms with Gasteiger partial charge in [0, 0.05) is 16.1 Å². The molecule has 0 atom stereocenters. The van der Waals surface area contributed by atoms with Crippen LogP contribution in [0.15, 0.2) is 47.6 Å². The molecule has 0 saturated heterocycles. The maximum absolute atomic E-state index is 11.2. The number of rotatable bonds is 2. The van der Waals surface area contributed by atoms with Crippen molar-refractivity contribution in [2.75, 3.05) is 5.32 Å². The fraction of sp³-hybridized carbons (Fsp3) is 0. The van der Waals surface area contributed by atoms with E-state index in [4.69, 9.17) is 0 Å². The zero-order valence-corrected chi connectivity index (χ0v) is 9.99. The molecule has 0 spiro atoms. The predicted molar refractivity (Wildman–Crippen MR) is 68.3 cm³/mol. The van der Waals surface area contributed by atoms with E-state index in [9.17, 15) is 4.79 Å². The molecule has 0 bridgehead atoms. The second-order valence-electron chi connectivity index (χ2n) is 3.22. The van der Waals surface area contributed by atoms with Gasteiger partial charge in [-0.05, 0) is 34.1 Å². The molecule has 1 N–H and O–H groups in total. The Kier molecular flexibility index (Phi) is 3.01. The molecule has 0 saturated carbocycles. The van der Waals surface area contributed by atoms with Gasteiger partial charge in [0.25, 0.3) is 0 Å². The van der Waals surface area contributed by atoms with Crippen molar-refractivity contribution in [3.63, 3.8) is 0 Å². The molecule has 0 aliphatic heterocycles. The Morgan fingerprint density at radius 3 is 3.06 bits per heavy atom. The summed E-state index contributed by atoms with van der Waals surface area (Å²) in [4.78, 5) is 15.5. The maximum atomic E-state index is 11.2. The van der Waals surface area contributed by atoms with Crippen LogP contribution in [-0.4, -0.2) is 10.9 Å². The van der Waals surface area contributed by atoms with Crippen LogP contribution in [0.1, 0.15) is 0 Å². The first-order valence-electron chi connectivity index (χ1n) is 4.68. The number of amides is 1. The third-order valence-corrected chi connectivity index (χ3v) is 2.55. The van der Waals surface area contributed by atoms with E-state index in [2.05, 4.69) is 32.8 Å². The highest BCUT2D eigenvalue weighted by Crippen LogP contribution is 2.23. The molecule has 0 aliphatic rings. The lowest BCUT2D eigenvalue weighted by atomic mass is 10.2. The average molecular weight is 277 g/mol. The van der Waals surface area contributed by atoms with Gasteiger partial charge in [0.05, 0.1) is 11.2 Å². The van der Waals surface area contributed by atoms with Crippen molar-refractivity contribution in [2.45, 2.75) is 0 Å². The number of fused-ring (bicyclic) bond motifs is 1. The topological polar surface area (TPSA) is 42.0 Å². The number of para-hydroxylation sites is 1.